The van der Waals surface area contributed by atoms with Crippen molar-refractivity contribution in [3.63, 3.8) is 0 Å². The smallest absolute Gasteiger partial charge is 0.356 e. The van der Waals surface area contributed by atoms with E-state index in [1.165, 1.54) is 30.7 Å². The zero-order valence-corrected chi connectivity index (χ0v) is 10.1. The number of rotatable bonds is 3. The predicted octanol–water partition coefficient (Wildman–Crippen LogP) is 1.48. The molecule has 0 bridgehead atoms. The number of aromatic nitrogens is 3. The van der Waals surface area contributed by atoms with Gasteiger partial charge in [0.15, 0.2) is 5.69 Å². The van der Waals surface area contributed by atoms with Crippen LogP contribution >= 0.6 is 11.6 Å². The highest BCUT2D eigenvalue weighted by molar-refractivity contribution is 6.29. The van der Waals surface area contributed by atoms with Crippen molar-refractivity contribution in [1.29, 1.82) is 0 Å². The summed E-state index contributed by atoms with van der Waals surface area (Å²) in [5, 5.41) is 11.4. The second-order valence-electron chi connectivity index (χ2n) is 3.39. The molecule has 1 amide bonds. The molecule has 0 aliphatic rings. The van der Waals surface area contributed by atoms with Crippen LogP contribution in [0.3, 0.4) is 0 Å². The third-order valence-electron chi connectivity index (χ3n) is 2.10. The normalized spacial score (nSPS) is 9.95. The molecule has 96 valence electrons. The molecule has 2 aromatic heterocycles. The summed E-state index contributed by atoms with van der Waals surface area (Å²) in [7, 11) is 0. The number of nitrogens with one attached hydrogen (secondary N) is 1. The van der Waals surface area contributed by atoms with Crippen molar-refractivity contribution in [2.45, 2.75) is 0 Å². The monoisotopic (exact) mass is 278 g/mol. The molecule has 0 saturated heterocycles. The molecule has 2 heterocycles. The van der Waals surface area contributed by atoms with Gasteiger partial charge in [-0.2, -0.15) is 0 Å². The fourth-order valence-electron chi connectivity index (χ4n) is 1.31. The highest BCUT2D eigenvalue weighted by atomic mass is 35.5. The summed E-state index contributed by atoms with van der Waals surface area (Å²) in [6, 6.07) is 2.93. The van der Waals surface area contributed by atoms with Crippen molar-refractivity contribution in [1.82, 2.24) is 15.0 Å². The minimum absolute atomic E-state index is 0.0207. The van der Waals surface area contributed by atoms with Crippen LogP contribution in [0.15, 0.2) is 30.7 Å². The lowest BCUT2D eigenvalue weighted by Gasteiger charge is -2.06. The molecular weight excluding hydrogens is 272 g/mol. The number of hydrogen-bond donors (Lipinski definition) is 2. The van der Waals surface area contributed by atoms with Gasteiger partial charge in [0.25, 0.3) is 5.91 Å². The van der Waals surface area contributed by atoms with Crippen LogP contribution < -0.4 is 5.32 Å². The Hall–Kier alpha value is -2.54. The number of carbonyl (C=O) groups excluding carboxylic acids is 1. The maximum absolute atomic E-state index is 11.8. The van der Waals surface area contributed by atoms with Crippen LogP contribution in [0, 0.1) is 0 Å². The highest BCUT2D eigenvalue weighted by Gasteiger charge is 2.15. The van der Waals surface area contributed by atoms with Gasteiger partial charge >= 0.3 is 5.97 Å². The zero-order valence-electron chi connectivity index (χ0n) is 9.37. The molecule has 0 saturated carbocycles. The average Bonchev–Trinajstić information content (AvgIpc) is 2.39. The number of halogens is 1. The van der Waals surface area contributed by atoms with Gasteiger partial charge in [-0.25, -0.2) is 14.8 Å². The molecular formula is C11H7ClN4O3. The van der Waals surface area contributed by atoms with Gasteiger partial charge in [0, 0.05) is 6.20 Å². The molecule has 0 spiro atoms. The molecule has 8 heteroatoms. The Morgan fingerprint density at radius 1 is 1.32 bits per heavy atom. The van der Waals surface area contributed by atoms with Gasteiger partial charge in [-0.05, 0) is 12.1 Å². The van der Waals surface area contributed by atoms with E-state index >= 15 is 0 Å². The Labute approximate surface area is 112 Å². The Morgan fingerprint density at radius 2 is 2.11 bits per heavy atom. The third-order valence-corrected chi connectivity index (χ3v) is 2.28. The van der Waals surface area contributed by atoms with Crippen LogP contribution in [-0.4, -0.2) is 31.9 Å². The van der Waals surface area contributed by atoms with E-state index in [9.17, 15) is 9.59 Å². The van der Waals surface area contributed by atoms with E-state index in [1.807, 2.05) is 0 Å². The minimum atomic E-state index is -1.24. The summed E-state index contributed by atoms with van der Waals surface area (Å²) in [5.74, 6) is -1.86. The molecule has 2 N–H and O–H groups in total. The molecule has 0 aliphatic heterocycles. The number of pyridine rings is 1. The van der Waals surface area contributed by atoms with Crippen LogP contribution in [0.4, 0.5) is 5.69 Å². The first-order valence-corrected chi connectivity index (χ1v) is 5.43. The SMILES string of the molecule is O=C(Nc1cccnc1C(=O)O)c1cncc(Cl)n1. The van der Waals surface area contributed by atoms with Gasteiger partial charge in [-0.1, -0.05) is 11.6 Å². The molecule has 7 nitrogen and oxygen atoms in total. The summed E-state index contributed by atoms with van der Waals surface area (Å²) >= 11 is 5.61. The van der Waals surface area contributed by atoms with Crippen molar-refractivity contribution in [3.05, 3.63) is 47.3 Å². The van der Waals surface area contributed by atoms with Crippen LogP contribution in [0.25, 0.3) is 0 Å². The molecule has 19 heavy (non-hydrogen) atoms. The number of anilines is 1. The number of carboxylic acid groups (broad SMARTS) is 1. The highest BCUT2D eigenvalue weighted by Crippen LogP contribution is 2.13. The third kappa shape index (κ3) is 3.02. The van der Waals surface area contributed by atoms with E-state index in [0.29, 0.717) is 0 Å². The van der Waals surface area contributed by atoms with Gasteiger partial charge in [-0.15, -0.1) is 0 Å². The summed E-state index contributed by atoms with van der Waals surface area (Å²) < 4.78 is 0. The number of aromatic carboxylic acids is 1. The number of carbonyl (C=O) groups is 2. The quantitative estimate of drug-likeness (QED) is 0.881. The summed E-state index contributed by atoms with van der Waals surface area (Å²) in [6.45, 7) is 0. The molecule has 2 rings (SSSR count). The predicted molar refractivity (Wildman–Crippen MR) is 66.2 cm³/mol. The minimum Gasteiger partial charge on any atom is -0.476 e. The van der Waals surface area contributed by atoms with Gasteiger partial charge in [0.1, 0.15) is 10.8 Å². The second-order valence-corrected chi connectivity index (χ2v) is 3.77. The van der Waals surface area contributed by atoms with Crippen molar-refractivity contribution in [2.75, 3.05) is 5.32 Å². The zero-order chi connectivity index (χ0) is 13.8. The van der Waals surface area contributed by atoms with Gasteiger partial charge in [0.2, 0.25) is 0 Å². The molecule has 0 atom stereocenters. The van der Waals surface area contributed by atoms with Crippen LogP contribution in [0.5, 0.6) is 0 Å². The van der Waals surface area contributed by atoms with E-state index in [1.54, 1.807) is 0 Å². The molecule has 0 fully saturated rings. The largest absolute Gasteiger partial charge is 0.476 e. The standard InChI is InChI=1S/C11H7ClN4O3/c12-8-5-13-4-7(15-8)10(17)16-6-2-1-3-14-9(6)11(18)19/h1-5H,(H,16,17)(H,18,19). The maximum Gasteiger partial charge on any atom is 0.356 e. The molecule has 2 aromatic rings. The van der Waals surface area contributed by atoms with Gasteiger partial charge in [0.05, 0.1) is 18.1 Å². The van der Waals surface area contributed by atoms with Crippen LogP contribution in [0.1, 0.15) is 21.0 Å². The summed E-state index contributed by atoms with van der Waals surface area (Å²) in [6.07, 6.45) is 3.82. The number of nitrogens with zero attached hydrogens (tertiary/aromatic N) is 3. The Bertz CT molecular complexity index is 647. The number of amides is 1. The van der Waals surface area contributed by atoms with Crippen molar-refractivity contribution in [3.8, 4) is 0 Å². The topological polar surface area (TPSA) is 105 Å². The van der Waals surface area contributed by atoms with Crippen LogP contribution in [0.2, 0.25) is 5.15 Å². The lowest BCUT2D eigenvalue weighted by molar-refractivity contribution is 0.0692. The lowest BCUT2D eigenvalue weighted by Crippen LogP contribution is -2.17. The first-order chi connectivity index (χ1) is 9.08. The lowest BCUT2D eigenvalue weighted by atomic mass is 10.3. The fraction of sp³-hybridized carbons (Fsp3) is 0. The van der Waals surface area contributed by atoms with E-state index in [4.69, 9.17) is 16.7 Å². The van der Waals surface area contributed by atoms with Gasteiger partial charge in [-0.3, -0.25) is 9.78 Å². The Kier molecular flexibility index (Phi) is 3.67. The number of carboxylic acids is 1. The molecule has 0 aromatic carbocycles. The maximum atomic E-state index is 11.8. The first kappa shape index (κ1) is 12.9. The van der Waals surface area contributed by atoms with E-state index < -0.39 is 11.9 Å². The van der Waals surface area contributed by atoms with E-state index in [2.05, 4.69) is 20.3 Å². The first-order valence-electron chi connectivity index (χ1n) is 5.05. The van der Waals surface area contributed by atoms with Crippen molar-refractivity contribution in [2.24, 2.45) is 0 Å². The number of hydrogen-bond acceptors (Lipinski definition) is 5. The van der Waals surface area contributed by atoms with E-state index in [0.717, 1.165) is 0 Å². The van der Waals surface area contributed by atoms with Crippen molar-refractivity contribution >= 4 is 29.2 Å². The molecule has 0 radical (unpaired) electrons. The Balaban J connectivity index is 2.27. The van der Waals surface area contributed by atoms with E-state index in [-0.39, 0.29) is 22.2 Å². The fourth-order valence-corrected chi connectivity index (χ4v) is 1.46. The van der Waals surface area contributed by atoms with Crippen LogP contribution in [-0.2, 0) is 0 Å². The molecule has 0 aliphatic carbocycles. The second kappa shape index (κ2) is 5.40. The van der Waals surface area contributed by atoms with Gasteiger partial charge < -0.3 is 10.4 Å². The summed E-state index contributed by atoms with van der Waals surface area (Å²) in [4.78, 5) is 33.9. The molecule has 0 unspecified atom stereocenters. The average molecular weight is 279 g/mol. The summed E-state index contributed by atoms with van der Waals surface area (Å²) in [5.41, 5.74) is -0.208. The van der Waals surface area contributed by atoms with Crippen molar-refractivity contribution < 1.29 is 14.7 Å². The Morgan fingerprint density at radius 3 is 2.79 bits per heavy atom.